The Morgan fingerprint density at radius 1 is 0.833 bits per heavy atom. The Balaban J connectivity index is 0. The molecule has 8 nitrogen and oxygen atoms in total. The molecule has 8 N–H and O–H groups in total. The van der Waals surface area contributed by atoms with Crippen LogP contribution in [-0.4, -0.2) is 32.1 Å². The quantitative estimate of drug-likeness (QED) is 0.296. The van der Waals surface area contributed by atoms with E-state index in [0.29, 0.717) is 0 Å². The predicted octanol–water partition coefficient (Wildman–Crippen LogP) is -1.84. The maximum Gasteiger partial charge on any atom is 0.338 e. The molecule has 12 heavy (non-hydrogen) atoms. The Kier molecular flexibility index (Phi) is 7.11. The predicted molar refractivity (Wildman–Crippen MR) is 42.2 cm³/mol. The standard InChI is InChI=1S/2CH6NO3P/c2*2-1-6(3,4)5/h2*1-2H2,(H2,3,4,5). The Morgan fingerprint density at radius 2 is 0.917 bits per heavy atom. The monoisotopic (exact) mass is 222 g/mol. The summed E-state index contributed by atoms with van der Waals surface area (Å²) in [5, 5.41) is 0. The van der Waals surface area contributed by atoms with Crippen LogP contribution in [0, 0.1) is 0 Å². The van der Waals surface area contributed by atoms with Crippen molar-refractivity contribution >= 4 is 15.2 Å². The highest BCUT2D eigenvalue weighted by molar-refractivity contribution is 7.51. The molecule has 0 bridgehead atoms. The van der Waals surface area contributed by atoms with Gasteiger partial charge < -0.3 is 31.0 Å². The smallest absolute Gasteiger partial charge is 0.324 e. The molecule has 0 saturated heterocycles. The molecule has 0 atom stereocenters. The van der Waals surface area contributed by atoms with E-state index < -0.39 is 27.8 Å². The zero-order valence-corrected chi connectivity index (χ0v) is 7.86. The van der Waals surface area contributed by atoms with Gasteiger partial charge in [0.25, 0.3) is 0 Å². The van der Waals surface area contributed by atoms with Crippen molar-refractivity contribution in [2.24, 2.45) is 11.5 Å². The summed E-state index contributed by atoms with van der Waals surface area (Å²) >= 11 is 0. The largest absolute Gasteiger partial charge is 0.338 e. The molecule has 0 radical (unpaired) electrons. The zero-order chi connectivity index (χ0) is 10.4. The molecular formula is C2H12N2O6P2. The van der Waals surface area contributed by atoms with Gasteiger partial charge in [-0.2, -0.15) is 0 Å². The second-order valence-corrected chi connectivity index (χ2v) is 5.08. The Bertz CT molecular complexity index is 172. The van der Waals surface area contributed by atoms with Crippen LogP contribution in [-0.2, 0) is 9.13 Å². The molecule has 0 saturated carbocycles. The van der Waals surface area contributed by atoms with Crippen LogP contribution in [0.3, 0.4) is 0 Å². The van der Waals surface area contributed by atoms with Crippen LogP contribution in [0.25, 0.3) is 0 Å². The summed E-state index contributed by atoms with van der Waals surface area (Å²) in [6, 6.07) is 0. The molecule has 0 aromatic heterocycles. The molecule has 0 fully saturated rings. The highest BCUT2D eigenvalue weighted by Gasteiger charge is 2.06. The van der Waals surface area contributed by atoms with Gasteiger partial charge in [-0.3, -0.25) is 9.13 Å². The SMILES string of the molecule is NCP(=O)(O)O.NCP(=O)(O)O. The van der Waals surface area contributed by atoms with E-state index in [4.69, 9.17) is 19.6 Å². The van der Waals surface area contributed by atoms with Crippen molar-refractivity contribution < 1.29 is 28.7 Å². The average molecular weight is 222 g/mol. The van der Waals surface area contributed by atoms with Crippen LogP contribution in [0.5, 0.6) is 0 Å². The van der Waals surface area contributed by atoms with Crippen LogP contribution in [0.1, 0.15) is 0 Å². The number of hydrogen-bond acceptors (Lipinski definition) is 4. The van der Waals surface area contributed by atoms with Crippen LogP contribution < -0.4 is 11.5 Å². The van der Waals surface area contributed by atoms with Crippen LogP contribution in [0.4, 0.5) is 0 Å². The lowest BCUT2D eigenvalue weighted by atomic mass is 11.6. The van der Waals surface area contributed by atoms with Gasteiger partial charge in [-0.25, -0.2) is 0 Å². The lowest BCUT2D eigenvalue weighted by molar-refractivity contribution is 0.371. The summed E-state index contributed by atoms with van der Waals surface area (Å²) in [7, 11) is -7.74. The molecule has 0 aliphatic heterocycles. The van der Waals surface area contributed by atoms with Gasteiger partial charge in [-0.15, -0.1) is 0 Å². The molecule has 0 rings (SSSR count). The van der Waals surface area contributed by atoms with Gasteiger partial charge in [0.2, 0.25) is 0 Å². The lowest BCUT2D eigenvalue weighted by Gasteiger charge is -1.92. The van der Waals surface area contributed by atoms with Crippen molar-refractivity contribution in [3.63, 3.8) is 0 Å². The summed E-state index contributed by atoms with van der Waals surface area (Å²) in [4.78, 5) is 31.2. The Morgan fingerprint density at radius 3 is 0.917 bits per heavy atom. The molecule has 10 heteroatoms. The minimum atomic E-state index is -3.87. The highest BCUT2D eigenvalue weighted by atomic mass is 31.2. The van der Waals surface area contributed by atoms with Crippen LogP contribution in [0.2, 0.25) is 0 Å². The number of rotatable bonds is 2. The van der Waals surface area contributed by atoms with Crippen molar-refractivity contribution in [2.45, 2.75) is 0 Å². The van der Waals surface area contributed by atoms with Gasteiger partial charge in [0.1, 0.15) is 0 Å². The van der Waals surface area contributed by atoms with Gasteiger partial charge in [0.05, 0.1) is 12.6 Å². The normalized spacial score (nSPS) is 11.8. The van der Waals surface area contributed by atoms with E-state index in [9.17, 15) is 9.13 Å². The first-order valence-electron chi connectivity index (χ1n) is 2.61. The first kappa shape index (κ1) is 14.7. The summed E-state index contributed by atoms with van der Waals surface area (Å²) in [5.74, 6) is 0. The molecule has 0 aromatic rings. The summed E-state index contributed by atoms with van der Waals surface area (Å²) in [5.41, 5.74) is 9.08. The molecule has 0 aliphatic rings. The van der Waals surface area contributed by atoms with E-state index in [-0.39, 0.29) is 0 Å². The van der Waals surface area contributed by atoms with Gasteiger partial charge in [0, 0.05) is 0 Å². The van der Waals surface area contributed by atoms with Gasteiger partial charge >= 0.3 is 15.2 Å². The molecule has 0 spiro atoms. The van der Waals surface area contributed by atoms with E-state index in [1.54, 1.807) is 0 Å². The van der Waals surface area contributed by atoms with E-state index in [2.05, 4.69) is 11.5 Å². The first-order chi connectivity index (χ1) is 5.12. The summed E-state index contributed by atoms with van der Waals surface area (Å²) in [6.45, 7) is 0. The van der Waals surface area contributed by atoms with Crippen LogP contribution >= 0.6 is 15.2 Å². The minimum absolute atomic E-state index is 0.562. The van der Waals surface area contributed by atoms with Crippen LogP contribution in [0.15, 0.2) is 0 Å². The number of nitrogens with two attached hydrogens (primary N) is 2. The zero-order valence-electron chi connectivity index (χ0n) is 6.07. The summed E-state index contributed by atoms with van der Waals surface area (Å²) < 4.78 is 19.1. The molecule has 0 aliphatic carbocycles. The van der Waals surface area contributed by atoms with Gasteiger partial charge in [0.15, 0.2) is 0 Å². The lowest BCUT2D eigenvalue weighted by Crippen LogP contribution is -1.97. The molecule has 0 aromatic carbocycles. The maximum atomic E-state index is 9.57. The molecular weight excluding hydrogens is 210 g/mol. The third-order valence-electron chi connectivity index (χ3n) is 0.476. The Labute approximate surface area is 68.9 Å². The second-order valence-electron chi connectivity index (χ2n) is 1.69. The fourth-order valence-corrected chi connectivity index (χ4v) is 0. The van der Waals surface area contributed by atoms with Crippen molar-refractivity contribution in [3.8, 4) is 0 Å². The molecule has 0 amide bonds. The summed E-state index contributed by atoms with van der Waals surface area (Å²) in [6.07, 6.45) is -1.12. The first-order valence-corrected chi connectivity index (χ1v) is 6.21. The maximum absolute atomic E-state index is 9.57. The van der Waals surface area contributed by atoms with E-state index in [0.717, 1.165) is 0 Å². The van der Waals surface area contributed by atoms with Gasteiger partial charge in [-0.05, 0) is 0 Å². The third kappa shape index (κ3) is 22.5. The Hall–Kier alpha value is 0.220. The van der Waals surface area contributed by atoms with Crippen molar-refractivity contribution in [1.29, 1.82) is 0 Å². The fourth-order valence-electron chi connectivity index (χ4n) is 0. The van der Waals surface area contributed by atoms with Crippen molar-refractivity contribution in [1.82, 2.24) is 0 Å². The van der Waals surface area contributed by atoms with Crippen molar-refractivity contribution in [2.75, 3.05) is 12.6 Å². The van der Waals surface area contributed by atoms with E-state index >= 15 is 0 Å². The third-order valence-corrected chi connectivity index (χ3v) is 1.43. The minimum Gasteiger partial charge on any atom is -0.324 e. The van der Waals surface area contributed by atoms with E-state index in [1.165, 1.54) is 0 Å². The van der Waals surface area contributed by atoms with Crippen molar-refractivity contribution in [3.05, 3.63) is 0 Å². The fraction of sp³-hybridized carbons (Fsp3) is 1.00. The second kappa shape index (κ2) is 5.80. The average Bonchev–Trinajstić information content (AvgIpc) is 1.86. The molecule has 0 unspecified atom stereocenters. The molecule has 0 heterocycles. The topological polar surface area (TPSA) is 167 Å². The van der Waals surface area contributed by atoms with E-state index in [1.807, 2.05) is 0 Å². The molecule has 76 valence electrons. The number of hydrogen-bond donors (Lipinski definition) is 6. The van der Waals surface area contributed by atoms with Gasteiger partial charge in [-0.1, -0.05) is 0 Å². The highest BCUT2D eigenvalue weighted by Crippen LogP contribution is 2.30.